The lowest BCUT2D eigenvalue weighted by Gasteiger charge is -1.67. The molecule has 0 saturated heterocycles. The first kappa shape index (κ1) is 2.95. The highest BCUT2D eigenvalue weighted by molar-refractivity contribution is 5.21. The third-order valence-electron chi connectivity index (χ3n) is 0.814. The second-order valence-corrected chi connectivity index (χ2v) is 1.32. The number of allylic oxidation sites excluding steroid dienone is 2. The molecule has 1 aliphatic rings. The van der Waals surface area contributed by atoms with E-state index >= 15 is 0 Å². The molecule has 0 aromatic heterocycles. The molecule has 0 aliphatic heterocycles. The Morgan fingerprint density at radius 2 is 2.60 bits per heavy atom. The average molecular weight is 67.1 g/mol. The first-order chi connectivity index (χ1) is 2.43. The maximum atomic E-state index is 3.68. The van der Waals surface area contributed by atoms with Gasteiger partial charge < -0.3 is 0 Å². The molecule has 0 nitrogen and oxygen atoms in total. The van der Waals surface area contributed by atoms with Crippen molar-refractivity contribution in [3.8, 4) is 0 Å². The third kappa shape index (κ3) is 0.504. The molecule has 0 aromatic rings. The summed E-state index contributed by atoms with van der Waals surface area (Å²) in [5.74, 6) is 0. The maximum Gasteiger partial charge on any atom is -0.0136 e. The number of rotatable bonds is 1. The van der Waals surface area contributed by atoms with Gasteiger partial charge in [0.25, 0.3) is 0 Å². The largest absolute Gasteiger partial charge is 0.0810 e. The molecule has 0 unspecified atom stereocenters. The van der Waals surface area contributed by atoms with Crippen molar-refractivity contribution in [2.45, 2.75) is 12.8 Å². The first-order valence-electron chi connectivity index (χ1n) is 1.90. The highest BCUT2D eigenvalue weighted by Crippen LogP contribution is 2.20. The molecular formula is C5H7. The molecule has 1 aliphatic carbocycles. The van der Waals surface area contributed by atoms with Gasteiger partial charge in [-0.05, 0) is 19.8 Å². The minimum Gasteiger partial charge on any atom is -0.0810 e. The van der Waals surface area contributed by atoms with Crippen LogP contribution >= 0.6 is 0 Å². The van der Waals surface area contributed by atoms with E-state index in [1.54, 1.807) is 0 Å². The van der Waals surface area contributed by atoms with Gasteiger partial charge in [-0.15, -0.1) is 0 Å². The second-order valence-electron chi connectivity index (χ2n) is 1.32. The summed E-state index contributed by atoms with van der Waals surface area (Å²) >= 11 is 0. The van der Waals surface area contributed by atoms with Crippen LogP contribution in [0.2, 0.25) is 0 Å². The van der Waals surface area contributed by atoms with Crippen molar-refractivity contribution in [3.63, 3.8) is 0 Å². The Morgan fingerprint density at radius 3 is 2.60 bits per heavy atom. The van der Waals surface area contributed by atoms with Gasteiger partial charge in [0.2, 0.25) is 0 Å². The molecule has 1 radical (unpaired) electrons. The molecule has 1 rings (SSSR count). The molecule has 0 saturated carbocycles. The summed E-state index contributed by atoms with van der Waals surface area (Å²) in [6.07, 6.45) is 4.47. The maximum absolute atomic E-state index is 3.68. The van der Waals surface area contributed by atoms with E-state index in [1.165, 1.54) is 12.0 Å². The fraction of sp³-hybridized carbons (Fsp3) is 0.400. The van der Waals surface area contributed by atoms with E-state index in [0.29, 0.717) is 0 Å². The Kier molecular flexibility index (Phi) is 0.503. The van der Waals surface area contributed by atoms with Crippen molar-refractivity contribution in [3.05, 3.63) is 18.6 Å². The van der Waals surface area contributed by atoms with Crippen LogP contribution in [-0.4, -0.2) is 0 Å². The van der Waals surface area contributed by atoms with Crippen molar-refractivity contribution < 1.29 is 0 Å². The Labute approximate surface area is 32.5 Å². The van der Waals surface area contributed by atoms with Gasteiger partial charge in [0.15, 0.2) is 0 Å². The van der Waals surface area contributed by atoms with E-state index in [0.717, 1.165) is 6.42 Å². The van der Waals surface area contributed by atoms with Gasteiger partial charge in [0, 0.05) is 0 Å². The predicted molar refractivity (Wildman–Crippen MR) is 22.7 cm³/mol. The lowest BCUT2D eigenvalue weighted by Crippen LogP contribution is -1.48. The summed E-state index contributed by atoms with van der Waals surface area (Å²) in [6.45, 7) is 3.68. The van der Waals surface area contributed by atoms with Crippen LogP contribution in [0.25, 0.3) is 0 Å². The molecule has 27 valence electrons. The van der Waals surface area contributed by atoms with Gasteiger partial charge >= 0.3 is 0 Å². The van der Waals surface area contributed by atoms with Gasteiger partial charge in [-0.2, -0.15) is 0 Å². The summed E-state index contributed by atoms with van der Waals surface area (Å²) in [5, 5.41) is 0. The van der Waals surface area contributed by atoms with Crippen LogP contribution < -0.4 is 0 Å². The topological polar surface area (TPSA) is 0 Å². The van der Waals surface area contributed by atoms with Crippen LogP contribution in [0.5, 0.6) is 0 Å². The normalized spacial score (nSPS) is 18.2. The first-order valence-corrected chi connectivity index (χ1v) is 1.90. The summed E-state index contributed by atoms with van der Waals surface area (Å²) in [7, 11) is 0. The zero-order valence-electron chi connectivity index (χ0n) is 3.20. The van der Waals surface area contributed by atoms with Crippen molar-refractivity contribution >= 4 is 0 Å². The second kappa shape index (κ2) is 0.852. The summed E-state index contributed by atoms with van der Waals surface area (Å²) < 4.78 is 0. The van der Waals surface area contributed by atoms with E-state index in [1.807, 2.05) is 0 Å². The van der Waals surface area contributed by atoms with Gasteiger partial charge in [-0.3, -0.25) is 0 Å². The summed E-state index contributed by atoms with van der Waals surface area (Å²) in [4.78, 5) is 0. The number of hydrogen-bond donors (Lipinski definition) is 0. The van der Waals surface area contributed by atoms with Crippen LogP contribution in [-0.2, 0) is 0 Å². The van der Waals surface area contributed by atoms with Crippen LogP contribution in [0, 0.1) is 6.92 Å². The molecule has 0 fully saturated rings. The minimum absolute atomic E-state index is 1.03. The van der Waals surface area contributed by atoms with Crippen LogP contribution in [0.3, 0.4) is 0 Å². The van der Waals surface area contributed by atoms with Crippen LogP contribution in [0.1, 0.15) is 12.8 Å². The molecule has 0 amide bonds. The average Bonchev–Trinajstić information content (AvgIpc) is 2.12. The lowest BCUT2D eigenvalue weighted by atomic mass is 10.4. The van der Waals surface area contributed by atoms with E-state index < -0.39 is 0 Å². The molecule has 0 heteroatoms. The standard InChI is InChI=1S/C5H7/c1-2-5-3-4-5/h3H,1-2,4H2. The van der Waals surface area contributed by atoms with Crippen molar-refractivity contribution in [1.29, 1.82) is 0 Å². The Hall–Kier alpha value is -0.260. The monoisotopic (exact) mass is 67.1 g/mol. The zero-order valence-corrected chi connectivity index (χ0v) is 3.20. The predicted octanol–water partition coefficient (Wildman–Crippen LogP) is 1.54. The number of hydrogen-bond acceptors (Lipinski definition) is 0. The van der Waals surface area contributed by atoms with Gasteiger partial charge in [0.05, 0.1) is 0 Å². The SMILES string of the molecule is [CH2]CC1=CC1. The molecular weight excluding hydrogens is 60.1 g/mol. The lowest BCUT2D eigenvalue weighted by molar-refractivity contribution is 1.28. The zero-order chi connectivity index (χ0) is 3.70. The van der Waals surface area contributed by atoms with E-state index in [-0.39, 0.29) is 0 Å². The van der Waals surface area contributed by atoms with Crippen molar-refractivity contribution in [1.82, 2.24) is 0 Å². The molecule has 0 N–H and O–H groups in total. The van der Waals surface area contributed by atoms with Crippen LogP contribution in [0.15, 0.2) is 11.6 Å². The smallest absolute Gasteiger partial charge is 0.0136 e. The minimum atomic E-state index is 1.03. The van der Waals surface area contributed by atoms with E-state index in [9.17, 15) is 0 Å². The summed E-state index contributed by atoms with van der Waals surface area (Å²) in [6, 6.07) is 0. The van der Waals surface area contributed by atoms with Crippen molar-refractivity contribution in [2.75, 3.05) is 0 Å². The molecule has 0 aromatic carbocycles. The molecule has 0 heterocycles. The Balaban J connectivity index is 2.22. The third-order valence-corrected chi connectivity index (χ3v) is 0.814. The van der Waals surface area contributed by atoms with Gasteiger partial charge in [-0.25, -0.2) is 0 Å². The van der Waals surface area contributed by atoms with Crippen molar-refractivity contribution in [2.24, 2.45) is 0 Å². The summed E-state index contributed by atoms with van der Waals surface area (Å²) in [5.41, 5.74) is 1.52. The highest BCUT2D eigenvalue weighted by Gasteiger charge is 2.00. The highest BCUT2D eigenvalue weighted by atomic mass is 14.1. The fourth-order valence-electron chi connectivity index (χ4n) is 0.276. The fourth-order valence-corrected chi connectivity index (χ4v) is 0.276. The molecule has 0 bridgehead atoms. The van der Waals surface area contributed by atoms with E-state index in [4.69, 9.17) is 0 Å². The quantitative estimate of drug-likeness (QED) is 0.408. The Morgan fingerprint density at radius 1 is 2.00 bits per heavy atom. The Bertz CT molecular complexity index is 60.4. The van der Waals surface area contributed by atoms with Gasteiger partial charge in [-0.1, -0.05) is 11.6 Å². The molecule has 0 spiro atoms. The molecule has 5 heavy (non-hydrogen) atoms. The molecule has 0 atom stereocenters. The van der Waals surface area contributed by atoms with Crippen LogP contribution in [0.4, 0.5) is 0 Å². The van der Waals surface area contributed by atoms with E-state index in [2.05, 4.69) is 13.0 Å². The van der Waals surface area contributed by atoms with Gasteiger partial charge in [0.1, 0.15) is 0 Å².